The van der Waals surface area contributed by atoms with E-state index in [4.69, 9.17) is 10.5 Å². The van der Waals surface area contributed by atoms with Crippen LogP contribution in [0.15, 0.2) is 18.2 Å². The van der Waals surface area contributed by atoms with Crippen molar-refractivity contribution in [2.45, 2.75) is 25.3 Å². The summed E-state index contributed by atoms with van der Waals surface area (Å²) in [5.41, 5.74) is 4.21. The van der Waals surface area contributed by atoms with Crippen LogP contribution in [0.25, 0.3) is 0 Å². The van der Waals surface area contributed by atoms with Gasteiger partial charge in [0.25, 0.3) is 0 Å². The van der Waals surface area contributed by atoms with Crippen molar-refractivity contribution < 1.29 is 31.9 Å². The smallest absolute Gasteiger partial charge is 0.370 e. The van der Waals surface area contributed by atoms with Crippen molar-refractivity contribution in [3.8, 4) is 0 Å². The van der Waals surface area contributed by atoms with Crippen molar-refractivity contribution in [2.24, 2.45) is 11.7 Å². The summed E-state index contributed by atoms with van der Waals surface area (Å²) in [6.07, 6.45) is -4.37. The SMILES string of the molecule is NC(=O)[C@@H]1CCN(C(=O)N2CC(OCc3ccc(C(F)(F)F)cc3F)C2)C1. The molecule has 0 aliphatic carbocycles. The molecule has 10 heteroatoms. The van der Waals surface area contributed by atoms with Gasteiger partial charge < -0.3 is 20.3 Å². The number of carbonyl (C=O) groups is 2. The molecule has 2 saturated heterocycles. The highest BCUT2D eigenvalue weighted by Crippen LogP contribution is 2.30. The Morgan fingerprint density at radius 3 is 2.44 bits per heavy atom. The number of nitrogens with two attached hydrogens (primary N) is 1. The van der Waals surface area contributed by atoms with Gasteiger partial charge in [0.2, 0.25) is 5.91 Å². The number of amides is 3. The average molecular weight is 389 g/mol. The summed E-state index contributed by atoms with van der Waals surface area (Å²) in [4.78, 5) is 26.5. The van der Waals surface area contributed by atoms with Gasteiger partial charge in [0.05, 0.1) is 37.3 Å². The Morgan fingerprint density at radius 1 is 1.19 bits per heavy atom. The van der Waals surface area contributed by atoms with Crippen molar-refractivity contribution in [1.82, 2.24) is 9.80 Å². The number of hydrogen-bond donors (Lipinski definition) is 1. The number of benzene rings is 1. The minimum absolute atomic E-state index is 0.0246. The van der Waals surface area contributed by atoms with Gasteiger partial charge in [0, 0.05) is 18.7 Å². The lowest BCUT2D eigenvalue weighted by Crippen LogP contribution is -2.58. The van der Waals surface area contributed by atoms with Crippen LogP contribution < -0.4 is 5.73 Å². The number of hydrogen-bond acceptors (Lipinski definition) is 3. The zero-order valence-electron chi connectivity index (χ0n) is 14.3. The van der Waals surface area contributed by atoms with Gasteiger partial charge in [-0.2, -0.15) is 13.2 Å². The summed E-state index contributed by atoms with van der Waals surface area (Å²) in [5, 5.41) is 0. The van der Waals surface area contributed by atoms with E-state index >= 15 is 0 Å². The molecule has 27 heavy (non-hydrogen) atoms. The van der Waals surface area contributed by atoms with Gasteiger partial charge in [-0.15, -0.1) is 0 Å². The molecule has 2 aliphatic rings. The fraction of sp³-hybridized carbons (Fsp3) is 0.529. The van der Waals surface area contributed by atoms with E-state index in [0.717, 1.165) is 12.1 Å². The maximum atomic E-state index is 13.8. The van der Waals surface area contributed by atoms with E-state index in [2.05, 4.69) is 0 Å². The van der Waals surface area contributed by atoms with E-state index in [1.54, 1.807) is 4.90 Å². The van der Waals surface area contributed by atoms with Gasteiger partial charge in [-0.25, -0.2) is 9.18 Å². The highest BCUT2D eigenvalue weighted by Gasteiger charge is 2.38. The molecule has 1 aromatic carbocycles. The van der Waals surface area contributed by atoms with Crippen LogP contribution in [0, 0.1) is 11.7 Å². The zero-order chi connectivity index (χ0) is 19.8. The van der Waals surface area contributed by atoms with Crippen LogP contribution in [-0.4, -0.2) is 54.0 Å². The van der Waals surface area contributed by atoms with Crippen LogP contribution in [0.3, 0.4) is 0 Å². The van der Waals surface area contributed by atoms with Crippen molar-refractivity contribution in [1.29, 1.82) is 0 Å². The quantitative estimate of drug-likeness (QED) is 0.800. The van der Waals surface area contributed by atoms with Crippen LogP contribution in [0.2, 0.25) is 0 Å². The number of halogens is 4. The molecule has 1 aromatic rings. The molecule has 2 heterocycles. The summed E-state index contributed by atoms with van der Waals surface area (Å²) >= 11 is 0. The van der Waals surface area contributed by atoms with E-state index in [1.807, 2.05) is 0 Å². The maximum Gasteiger partial charge on any atom is 0.416 e. The number of primary amides is 1. The number of rotatable bonds is 4. The molecule has 0 aromatic heterocycles. The Labute approximate surface area is 152 Å². The van der Waals surface area contributed by atoms with Crippen molar-refractivity contribution in [2.75, 3.05) is 26.2 Å². The lowest BCUT2D eigenvalue weighted by molar-refractivity contribution is -0.137. The minimum atomic E-state index is -4.60. The summed E-state index contributed by atoms with van der Waals surface area (Å²) in [6, 6.07) is 2.09. The third-order valence-electron chi connectivity index (χ3n) is 4.83. The first kappa shape index (κ1) is 19.4. The Bertz CT molecular complexity index is 735. The van der Waals surface area contributed by atoms with Crippen LogP contribution in [0.5, 0.6) is 0 Å². The maximum absolute atomic E-state index is 13.8. The van der Waals surface area contributed by atoms with Crippen LogP contribution in [0.4, 0.5) is 22.4 Å². The second-order valence-electron chi connectivity index (χ2n) is 6.76. The first-order valence-electron chi connectivity index (χ1n) is 8.45. The molecule has 2 aliphatic heterocycles. The predicted molar refractivity (Wildman–Crippen MR) is 85.8 cm³/mol. The molecule has 1 atom stereocenters. The van der Waals surface area contributed by atoms with Gasteiger partial charge in [-0.1, -0.05) is 6.07 Å². The van der Waals surface area contributed by atoms with Gasteiger partial charge in [-0.3, -0.25) is 4.79 Å². The van der Waals surface area contributed by atoms with E-state index in [9.17, 15) is 27.2 Å². The third kappa shape index (κ3) is 4.32. The molecule has 0 bridgehead atoms. The molecule has 148 valence electrons. The Balaban J connectivity index is 1.45. The fourth-order valence-corrected chi connectivity index (χ4v) is 3.11. The fourth-order valence-electron chi connectivity index (χ4n) is 3.11. The molecule has 0 spiro atoms. The van der Waals surface area contributed by atoms with Crippen molar-refractivity contribution in [3.63, 3.8) is 0 Å². The number of alkyl halides is 3. The molecule has 3 rings (SSSR count). The highest BCUT2D eigenvalue weighted by molar-refractivity contribution is 5.80. The van der Waals surface area contributed by atoms with E-state index < -0.39 is 23.5 Å². The lowest BCUT2D eigenvalue weighted by atomic mass is 10.1. The Morgan fingerprint density at radius 2 is 1.89 bits per heavy atom. The minimum Gasteiger partial charge on any atom is -0.370 e. The number of carbonyl (C=O) groups excluding carboxylic acids is 2. The standard InChI is InChI=1S/C17H19F4N3O3/c18-14-5-12(17(19,20)21)2-1-11(14)9-27-13-7-24(8-13)16(26)23-4-3-10(6-23)15(22)25/h1-2,5,10,13H,3-4,6-9H2,(H2,22,25)/t10-/m1/s1. The Hall–Kier alpha value is -2.36. The van der Waals surface area contributed by atoms with Gasteiger partial charge in [0.15, 0.2) is 0 Å². The van der Waals surface area contributed by atoms with Gasteiger partial charge in [-0.05, 0) is 18.6 Å². The normalized spacial score (nSPS) is 20.7. The van der Waals surface area contributed by atoms with Crippen LogP contribution in [0.1, 0.15) is 17.5 Å². The molecule has 2 fully saturated rings. The number of likely N-dealkylation sites (tertiary alicyclic amines) is 2. The second kappa shape index (κ2) is 7.34. The highest BCUT2D eigenvalue weighted by atomic mass is 19.4. The molecule has 0 saturated carbocycles. The Kier molecular flexibility index (Phi) is 5.27. The molecular formula is C17H19F4N3O3. The monoisotopic (exact) mass is 389 g/mol. The number of urea groups is 1. The summed E-state index contributed by atoms with van der Waals surface area (Å²) < 4.78 is 56.8. The van der Waals surface area contributed by atoms with E-state index in [0.29, 0.717) is 38.7 Å². The summed E-state index contributed by atoms with van der Waals surface area (Å²) in [5.74, 6) is -1.73. The lowest BCUT2D eigenvalue weighted by Gasteiger charge is -2.40. The van der Waals surface area contributed by atoms with Crippen LogP contribution in [-0.2, 0) is 22.3 Å². The van der Waals surface area contributed by atoms with Crippen molar-refractivity contribution in [3.05, 3.63) is 35.1 Å². The molecule has 0 unspecified atom stereocenters. The predicted octanol–water partition coefficient (Wildman–Crippen LogP) is 1.97. The summed E-state index contributed by atoms with van der Waals surface area (Å²) in [7, 11) is 0. The average Bonchev–Trinajstić information content (AvgIpc) is 3.03. The molecule has 2 N–H and O–H groups in total. The molecule has 0 radical (unpaired) electrons. The van der Waals surface area contributed by atoms with Gasteiger partial charge in [0.1, 0.15) is 5.82 Å². The zero-order valence-corrected chi connectivity index (χ0v) is 14.3. The summed E-state index contributed by atoms with van der Waals surface area (Å²) in [6.45, 7) is 1.19. The van der Waals surface area contributed by atoms with Crippen molar-refractivity contribution >= 4 is 11.9 Å². The molecule has 6 nitrogen and oxygen atoms in total. The number of nitrogens with zero attached hydrogens (tertiary/aromatic N) is 2. The van der Waals surface area contributed by atoms with Gasteiger partial charge >= 0.3 is 12.2 Å². The van der Waals surface area contributed by atoms with E-state index in [1.165, 1.54) is 4.90 Å². The van der Waals surface area contributed by atoms with Crippen LogP contribution >= 0.6 is 0 Å². The topological polar surface area (TPSA) is 75.9 Å². The van der Waals surface area contributed by atoms with E-state index in [-0.39, 0.29) is 30.2 Å². The first-order valence-corrected chi connectivity index (χ1v) is 8.45. The second-order valence-corrected chi connectivity index (χ2v) is 6.76. The largest absolute Gasteiger partial charge is 0.416 e. The third-order valence-corrected chi connectivity index (χ3v) is 4.83. The first-order chi connectivity index (χ1) is 12.6. The molecular weight excluding hydrogens is 370 g/mol. The number of ether oxygens (including phenoxy) is 1. The molecule has 3 amide bonds.